The fourth-order valence-electron chi connectivity index (χ4n) is 6.24. The molecule has 47 heavy (non-hydrogen) atoms. The van der Waals surface area contributed by atoms with Gasteiger partial charge in [-0.2, -0.15) is 0 Å². The SMILES string of the molecule is O=[P@@]([C]1[CH][CH][CH][CH]1)(c1ccccc1)c1cccc2ccccc12.O=[P@@]([C]1[CH][CH][CH][CH]1)(c1ccccc1)c1cccc2ccccc12.[Fe+2]. The molecule has 6 aromatic rings. The number of hydrogen-bond donors (Lipinski definition) is 0. The quantitative estimate of drug-likeness (QED) is 0.130. The van der Waals surface area contributed by atoms with Crippen molar-refractivity contribution in [1.82, 2.24) is 0 Å². The Morgan fingerprint density at radius 1 is 0.340 bits per heavy atom. The summed E-state index contributed by atoms with van der Waals surface area (Å²) in [5.74, 6) is 0. The zero-order chi connectivity index (χ0) is 31.4. The first-order chi connectivity index (χ1) is 22.6. The molecule has 2 aliphatic rings. The molecule has 6 aromatic carbocycles. The zero-order valence-electron chi connectivity index (χ0n) is 25.5. The normalized spacial score (nSPS) is 17.7. The Morgan fingerprint density at radius 2 is 0.660 bits per heavy atom. The maximum absolute atomic E-state index is 14.3. The van der Waals surface area contributed by atoms with Gasteiger partial charge in [-0.3, -0.25) is 0 Å². The summed E-state index contributed by atoms with van der Waals surface area (Å²) >= 11 is 0. The van der Waals surface area contributed by atoms with E-state index in [-0.39, 0.29) is 17.1 Å². The molecule has 228 valence electrons. The van der Waals surface area contributed by atoms with Gasteiger partial charge in [0.2, 0.25) is 0 Å². The Bertz CT molecular complexity index is 1870. The van der Waals surface area contributed by atoms with Crippen molar-refractivity contribution in [2.45, 2.75) is 0 Å². The summed E-state index contributed by atoms with van der Waals surface area (Å²) in [6, 6.07) is 48.0. The second kappa shape index (κ2) is 14.9. The van der Waals surface area contributed by atoms with Crippen LogP contribution in [0.4, 0.5) is 0 Å². The van der Waals surface area contributed by atoms with Crippen molar-refractivity contribution < 1.29 is 26.2 Å². The van der Waals surface area contributed by atoms with E-state index in [1.54, 1.807) is 0 Å². The molecule has 0 aliphatic heterocycles. The van der Waals surface area contributed by atoms with Crippen LogP contribution in [0.15, 0.2) is 146 Å². The second-order valence-corrected chi connectivity index (χ2v) is 16.6. The van der Waals surface area contributed by atoms with Crippen LogP contribution >= 0.6 is 14.3 Å². The van der Waals surface area contributed by atoms with Gasteiger partial charge in [0, 0.05) is 21.2 Å². The molecule has 10 radical (unpaired) electrons. The molecule has 2 saturated carbocycles. The molecule has 2 fully saturated rings. The van der Waals surface area contributed by atoms with E-state index < -0.39 is 14.3 Å². The van der Waals surface area contributed by atoms with E-state index in [0.717, 1.165) is 54.1 Å². The number of hydrogen-bond acceptors (Lipinski definition) is 2. The average molecular weight is 687 g/mol. The van der Waals surface area contributed by atoms with E-state index >= 15 is 0 Å². The van der Waals surface area contributed by atoms with Crippen molar-refractivity contribution in [3.63, 3.8) is 0 Å². The largest absolute Gasteiger partial charge is 2.00 e. The van der Waals surface area contributed by atoms with Crippen molar-refractivity contribution in [3.8, 4) is 0 Å². The van der Waals surface area contributed by atoms with E-state index in [9.17, 15) is 9.13 Å². The summed E-state index contributed by atoms with van der Waals surface area (Å²) in [6.45, 7) is 0. The average Bonchev–Trinajstić information content (AvgIpc) is 3.88. The summed E-state index contributed by atoms with van der Waals surface area (Å²) in [5, 5.41) is 7.93. The fraction of sp³-hybridized carbons (Fsp3) is 0. The maximum atomic E-state index is 14.3. The number of rotatable bonds is 6. The van der Waals surface area contributed by atoms with E-state index in [0.29, 0.717) is 0 Å². The molecule has 0 spiro atoms. The Kier molecular flexibility index (Phi) is 10.7. The van der Waals surface area contributed by atoms with Crippen LogP contribution in [0.25, 0.3) is 21.5 Å². The maximum Gasteiger partial charge on any atom is 2.00 e. The van der Waals surface area contributed by atoms with Gasteiger partial charge in [0.1, 0.15) is 0 Å². The first kappa shape index (κ1) is 33.7. The standard InChI is InChI=1S/2C21H16OP.Fe/c2*22-23(19-13-5-6-14-19,18-11-2-1-3-12-18)21-16-8-10-17-9-4-7-15-20(17)21;/h2*1-16H;/q;;+2/t2*23-;/m11./s1. The summed E-state index contributed by atoms with van der Waals surface area (Å²) < 4.78 is 28.6. The van der Waals surface area contributed by atoms with Crippen molar-refractivity contribution >= 4 is 57.0 Å². The molecule has 0 unspecified atom stereocenters. The third-order valence-electron chi connectivity index (χ3n) is 8.47. The van der Waals surface area contributed by atoms with Gasteiger partial charge in [-0.05, 0) is 72.9 Å². The minimum atomic E-state index is -2.87. The first-order valence-corrected chi connectivity index (χ1v) is 18.7. The molecule has 5 heteroatoms. The Morgan fingerprint density at radius 3 is 1.04 bits per heavy atom. The molecule has 2 atom stereocenters. The third kappa shape index (κ3) is 6.49. The van der Waals surface area contributed by atoms with Gasteiger partial charge in [-0.25, -0.2) is 0 Å². The van der Waals surface area contributed by atoms with Crippen LogP contribution in [0.2, 0.25) is 0 Å². The van der Waals surface area contributed by atoms with Crippen LogP contribution in [-0.4, -0.2) is 0 Å². The molecule has 2 nitrogen and oxygen atoms in total. The Labute approximate surface area is 290 Å². The molecule has 0 saturated heterocycles. The smallest absolute Gasteiger partial charge is 0.313 e. The zero-order valence-corrected chi connectivity index (χ0v) is 28.4. The molecule has 0 aromatic heterocycles. The summed E-state index contributed by atoms with van der Waals surface area (Å²) in [5.41, 5.74) is 1.78. The van der Waals surface area contributed by atoms with Crippen molar-refractivity contribution in [2.24, 2.45) is 0 Å². The van der Waals surface area contributed by atoms with Gasteiger partial charge in [-0.1, -0.05) is 146 Å². The molecular weight excluding hydrogens is 654 g/mol. The first-order valence-electron chi connectivity index (χ1n) is 15.3. The van der Waals surface area contributed by atoms with Crippen molar-refractivity contribution in [3.05, 3.63) is 208 Å². The number of fused-ring (bicyclic) bond motifs is 2. The molecular formula is C42H32FeO2P2+2. The Balaban J connectivity index is 0.000000161. The third-order valence-corrected chi connectivity index (χ3v) is 14.7. The second-order valence-electron chi connectivity index (χ2n) is 11.2. The Hall–Kier alpha value is -3.18. The summed E-state index contributed by atoms with van der Waals surface area (Å²) in [7, 11) is -5.75. The molecule has 0 bridgehead atoms. The van der Waals surface area contributed by atoms with E-state index in [4.69, 9.17) is 0 Å². The molecule has 0 heterocycles. The molecule has 8 rings (SSSR count). The predicted octanol–water partition coefficient (Wildman–Crippen LogP) is 9.03. The van der Waals surface area contributed by atoms with Crippen LogP contribution in [0.5, 0.6) is 0 Å². The number of benzene rings is 6. The molecule has 0 N–H and O–H groups in total. The van der Waals surface area contributed by atoms with Gasteiger partial charge in [0.05, 0.1) is 11.3 Å². The van der Waals surface area contributed by atoms with Gasteiger partial charge in [0.15, 0.2) is 14.3 Å². The van der Waals surface area contributed by atoms with E-state index in [1.165, 1.54) is 0 Å². The fourth-order valence-corrected chi connectivity index (χ4v) is 12.0. The van der Waals surface area contributed by atoms with Gasteiger partial charge in [0.25, 0.3) is 0 Å². The molecule has 2 aliphatic carbocycles. The van der Waals surface area contributed by atoms with Gasteiger partial charge < -0.3 is 9.13 Å². The van der Waals surface area contributed by atoms with Gasteiger partial charge >= 0.3 is 17.1 Å². The predicted molar refractivity (Wildman–Crippen MR) is 195 cm³/mol. The topological polar surface area (TPSA) is 34.1 Å². The van der Waals surface area contributed by atoms with Crippen molar-refractivity contribution in [1.29, 1.82) is 0 Å². The van der Waals surface area contributed by atoms with Crippen LogP contribution in [0.1, 0.15) is 0 Å². The minimum absolute atomic E-state index is 0. The van der Waals surface area contributed by atoms with E-state index in [2.05, 4.69) is 36.4 Å². The van der Waals surface area contributed by atoms with Crippen LogP contribution in [-0.2, 0) is 26.2 Å². The summed E-state index contributed by atoms with van der Waals surface area (Å²) in [4.78, 5) is 0. The molecule has 0 amide bonds. The van der Waals surface area contributed by atoms with E-state index in [1.807, 2.05) is 161 Å². The monoisotopic (exact) mass is 686 g/mol. The minimum Gasteiger partial charge on any atom is -0.313 e. The summed E-state index contributed by atoms with van der Waals surface area (Å²) in [6.07, 6.45) is 15.7. The van der Waals surface area contributed by atoms with Crippen LogP contribution in [0.3, 0.4) is 0 Å². The van der Waals surface area contributed by atoms with Crippen LogP contribution in [0, 0.1) is 62.7 Å². The van der Waals surface area contributed by atoms with Crippen LogP contribution < -0.4 is 21.2 Å². The van der Waals surface area contributed by atoms with Crippen molar-refractivity contribution in [2.75, 3.05) is 0 Å². The van der Waals surface area contributed by atoms with Gasteiger partial charge in [-0.15, -0.1) is 0 Å².